The lowest BCUT2D eigenvalue weighted by Crippen LogP contribution is -2.42. The minimum Gasteiger partial charge on any atom is -0.356 e. The Hall–Kier alpha value is -2.63. The highest BCUT2D eigenvalue weighted by atomic mass is 35.5. The summed E-state index contributed by atoms with van der Waals surface area (Å²) in [5.74, 6) is 1.05. The Kier molecular flexibility index (Phi) is 6.97. The van der Waals surface area contributed by atoms with Gasteiger partial charge in [0.1, 0.15) is 5.82 Å². The number of aryl methyl sites for hydroxylation is 2. The van der Waals surface area contributed by atoms with Gasteiger partial charge in [-0.3, -0.25) is 4.79 Å². The van der Waals surface area contributed by atoms with E-state index < -0.39 is 0 Å². The molecule has 3 aromatic rings. The van der Waals surface area contributed by atoms with Crippen LogP contribution >= 0.6 is 11.6 Å². The SMILES string of the molecule is Cc1cc(N2CCC(N(C)C)CC2)nc2ccc(NC(=O)CCc3ccc(Cl)cc3)cc12. The molecule has 0 atom stereocenters. The highest BCUT2D eigenvalue weighted by Crippen LogP contribution is 2.27. The van der Waals surface area contributed by atoms with E-state index in [1.165, 1.54) is 5.56 Å². The molecule has 0 bridgehead atoms. The topological polar surface area (TPSA) is 48.5 Å². The van der Waals surface area contributed by atoms with Crippen LogP contribution in [0.25, 0.3) is 10.9 Å². The van der Waals surface area contributed by atoms with Gasteiger partial charge in [0.15, 0.2) is 0 Å². The summed E-state index contributed by atoms with van der Waals surface area (Å²) in [7, 11) is 4.32. The van der Waals surface area contributed by atoms with Crippen LogP contribution in [0.4, 0.5) is 11.5 Å². The van der Waals surface area contributed by atoms with Crippen LogP contribution < -0.4 is 10.2 Å². The Morgan fingerprint density at radius 3 is 2.53 bits per heavy atom. The molecule has 1 aromatic heterocycles. The molecule has 1 fully saturated rings. The summed E-state index contributed by atoms with van der Waals surface area (Å²) in [5, 5.41) is 4.81. The summed E-state index contributed by atoms with van der Waals surface area (Å²) < 4.78 is 0. The molecule has 4 rings (SSSR count). The van der Waals surface area contributed by atoms with Gasteiger partial charge in [-0.15, -0.1) is 0 Å². The number of carbonyl (C=O) groups excluding carboxylic acids is 1. The molecule has 1 saturated heterocycles. The summed E-state index contributed by atoms with van der Waals surface area (Å²) in [6.45, 7) is 4.18. The summed E-state index contributed by atoms with van der Waals surface area (Å²) in [6, 6.07) is 16.4. The van der Waals surface area contributed by atoms with Crippen molar-refractivity contribution in [2.24, 2.45) is 0 Å². The molecule has 0 spiro atoms. The van der Waals surface area contributed by atoms with Crippen LogP contribution in [-0.2, 0) is 11.2 Å². The molecule has 0 saturated carbocycles. The van der Waals surface area contributed by atoms with Crippen molar-refractivity contribution < 1.29 is 4.79 Å². The van der Waals surface area contributed by atoms with Crippen LogP contribution in [0, 0.1) is 6.92 Å². The standard InChI is InChI=1S/C26H31ClN4O/c1-18-16-25(31-14-12-22(13-15-31)30(2)3)29-24-10-9-21(17-23(18)24)28-26(32)11-6-19-4-7-20(27)8-5-19/h4-5,7-10,16-17,22H,6,11-15H2,1-3H3,(H,28,32). The molecule has 5 nitrogen and oxygen atoms in total. The first-order chi connectivity index (χ1) is 15.4. The number of carbonyl (C=O) groups is 1. The van der Waals surface area contributed by atoms with E-state index in [9.17, 15) is 4.79 Å². The largest absolute Gasteiger partial charge is 0.356 e. The number of aromatic nitrogens is 1. The lowest BCUT2D eigenvalue weighted by Gasteiger charge is -2.36. The molecule has 0 radical (unpaired) electrons. The third-order valence-corrected chi connectivity index (χ3v) is 6.61. The zero-order chi connectivity index (χ0) is 22.7. The molecule has 32 heavy (non-hydrogen) atoms. The van der Waals surface area contributed by atoms with Gasteiger partial charge in [0.25, 0.3) is 0 Å². The molecule has 2 heterocycles. The maximum atomic E-state index is 12.4. The number of rotatable bonds is 6. The number of benzene rings is 2. The molecular weight excluding hydrogens is 420 g/mol. The first kappa shape index (κ1) is 22.6. The number of nitrogens with one attached hydrogen (secondary N) is 1. The number of halogens is 1. The van der Waals surface area contributed by atoms with Gasteiger partial charge < -0.3 is 15.1 Å². The quantitative estimate of drug-likeness (QED) is 0.553. The number of nitrogens with zero attached hydrogens (tertiary/aromatic N) is 3. The fourth-order valence-corrected chi connectivity index (χ4v) is 4.49. The van der Waals surface area contributed by atoms with E-state index in [1.807, 2.05) is 42.5 Å². The van der Waals surface area contributed by atoms with Gasteiger partial charge in [-0.1, -0.05) is 23.7 Å². The average Bonchev–Trinajstić information content (AvgIpc) is 2.79. The third-order valence-electron chi connectivity index (χ3n) is 6.36. The molecule has 0 unspecified atom stereocenters. The summed E-state index contributed by atoms with van der Waals surface area (Å²) in [6.07, 6.45) is 3.43. The Labute approximate surface area is 195 Å². The fourth-order valence-electron chi connectivity index (χ4n) is 4.36. The normalized spacial score (nSPS) is 14.8. The second kappa shape index (κ2) is 9.88. The highest BCUT2D eigenvalue weighted by Gasteiger charge is 2.22. The average molecular weight is 451 g/mol. The van der Waals surface area contributed by atoms with Gasteiger partial charge in [0.2, 0.25) is 5.91 Å². The van der Waals surface area contributed by atoms with Gasteiger partial charge in [-0.05, 0) is 87.8 Å². The van der Waals surface area contributed by atoms with E-state index in [2.05, 4.69) is 42.2 Å². The number of fused-ring (bicyclic) bond motifs is 1. The van der Waals surface area contributed by atoms with Gasteiger partial charge in [0, 0.05) is 41.6 Å². The minimum absolute atomic E-state index is 0.00490. The van der Waals surface area contributed by atoms with Crippen LogP contribution in [0.5, 0.6) is 0 Å². The molecule has 1 aliphatic heterocycles. The van der Waals surface area contributed by atoms with Gasteiger partial charge in [-0.2, -0.15) is 0 Å². The lowest BCUT2D eigenvalue weighted by atomic mass is 10.0. The molecule has 1 aliphatic rings. The highest BCUT2D eigenvalue weighted by molar-refractivity contribution is 6.30. The number of amides is 1. The second-order valence-electron chi connectivity index (χ2n) is 8.89. The smallest absolute Gasteiger partial charge is 0.224 e. The zero-order valence-electron chi connectivity index (χ0n) is 19.1. The third kappa shape index (κ3) is 5.40. The zero-order valence-corrected chi connectivity index (χ0v) is 19.8. The van der Waals surface area contributed by atoms with Crippen molar-refractivity contribution >= 4 is 39.9 Å². The van der Waals surface area contributed by atoms with E-state index in [4.69, 9.17) is 16.6 Å². The molecule has 2 aromatic carbocycles. The van der Waals surface area contributed by atoms with Crippen LogP contribution in [-0.4, -0.2) is 49.0 Å². The van der Waals surface area contributed by atoms with E-state index in [0.29, 0.717) is 23.9 Å². The van der Waals surface area contributed by atoms with Crippen molar-refractivity contribution in [2.45, 2.75) is 38.6 Å². The van der Waals surface area contributed by atoms with Crippen molar-refractivity contribution in [1.82, 2.24) is 9.88 Å². The lowest BCUT2D eigenvalue weighted by molar-refractivity contribution is -0.116. The van der Waals surface area contributed by atoms with Crippen molar-refractivity contribution in [2.75, 3.05) is 37.4 Å². The molecular formula is C26H31ClN4O. The number of pyridine rings is 1. The van der Waals surface area contributed by atoms with Crippen molar-refractivity contribution in [1.29, 1.82) is 0 Å². The molecule has 0 aliphatic carbocycles. The number of piperidine rings is 1. The maximum Gasteiger partial charge on any atom is 0.224 e. The Bertz CT molecular complexity index is 1090. The van der Waals surface area contributed by atoms with E-state index in [0.717, 1.165) is 53.9 Å². The number of hydrogen-bond donors (Lipinski definition) is 1. The predicted molar refractivity (Wildman–Crippen MR) is 134 cm³/mol. The maximum absolute atomic E-state index is 12.4. The Balaban J connectivity index is 1.41. The van der Waals surface area contributed by atoms with Crippen molar-refractivity contribution in [3.05, 3.63) is 64.7 Å². The van der Waals surface area contributed by atoms with Crippen LogP contribution in [0.15, 0.2) is 48.5 Å². The van der Waals surface area contributed by atoms with Gasteiger partial charge in [0.05, 0.1) is 5.52 Å². The van der Waals surface area contributed by atoms with Crippen LogP contribution in [0.3, 0.4) is 0 Å². The summed E-state index contributed by atoms with van der Waals surface area (Å²) in [5.41, 5.74) is 4.05. The molecule has 6 heteroatoms. The van der Waals surface area contributed by atoms with Crippen LogP contribution in [0.1, 0.15) is 30.4 Å². The van der Waals surface area contributed by atoms with Crippen molar-refractivity contribution in [3.63, 3.8) is 0 Å². The van der Waals surface area contributed by atoms with Gasteiger partial charge >= 0.3 is 0 Å². The number of hydrogen-bond acceptors (Lipinski definition) is 4. The first-order valence-electron chi connectivity index (χ1n) is 11.3. The second-order valence-corrected chi connectivity index (χ2v) is 9.32. The molecule has 1 amide bonds. The fraction of sp³-hybridized carbons (Fsp3) is 0.385. The van der Waals surface area contributed by atoms with Gasteiger partial charge in [-0.25, -0.2) is 4.98 Å². The van der Waals surface area contributed by atoms with Crippen LogP contribution in [0.2, 0.25) is 5.02 Å². The Morgan fingerprint density at radius 2 is 1.84 bits per heavy atom. The predicted octanol–water partition coefficient (Wildman–Crippen LogP) is 5.30. The van der Waals surface area contributed by atoms with E-state index >= 15 is 0 Å². The monoisotopic (exact) mass is 450 g/mol. The Morgan fingerprint density at radius 1 is 1.12 bits per heavy atom. The van der Waals surface area contributed by atoms with E-state index in [-0.39, 0.29) is 5.91 Å². The molecule has 1 N–H and O–H groups in total. The summed E-state index contributed by atoms with van der Waals surface area (Å²) >= 11 is 5.92. The minimum atomic E-state index is 0.00490. The van der Waals surface area contributed by atoms with E-state index in [1.54, 1.807) is 0 Å². The molecule has 168 valence electrons. The van der Waals surface area contributed by atoms with Crippen molar-refractivity contribution in [3.8, 4) is 0 Å². The summed E-state index contributed by atoms with van der Waals surface area (Å²) in [4.78, 5) is 22.1. The number of anilines is 2. The first-order valence-corrected chi connectivity index (χ1v) is 11.6.